The Morgan fingerprint density at radius 2 is 0.875 bits per heavy atom. The van der Waals surface area contributed by atoms with Crippen molar-refractivity contribution < 1.29 is 61.9 Å². The van der Waals surface area contributed by atoms with Gasteiger partial charge in [0.1, 0.15) is 46.9 Å². The molecule has 0 radical (unpaired) electrons. The molecule has 0 bridgehead atoms. The van der Waals surface area contributed by atoms with Gasteiger partial charge in [0.05, 0.1) is 6.04 Å². The highest BCUT2D eigenvalue weighted by Gasteiger charge is 2.38. The first-order valence-electron chi connectivity index (χ1n) is 34.1. The number of carbonyl (C=O) groups excluding carboxylic acids is 6. The van der Waals surface area contributed by atoms with Crippen LogP contribution in [-0.4, -0.2) is 243 Å². The van der Waals surface area contributed by atoms with Crippen LogP contribution in [0.4, 0.5) is 24.0 Å². The van der Waals surface area contributed by atoms with Crippen LogP contribution < -0.4 is 11.2 Å². The van der Waals surface area contributed by atoms with Crippen molar-refractivity contribution in [1.82, 2.24) is 48.8 Å². The van der Waals surface area contributed by atoms with E-state index in [1.165, 1.54) is 10.8 Å². The van der Waals surface area contributed by atoms with Gasteiger partial charge in [0.2, 0.25) is 0 Å². The lowest BCUT2D eigenvalue weighted by atomic mass is 10.1. The Morgan fingerprint density at radius 3 is 1.26 bits per heavy atom. The first-order chi connectivity index (χ1) is 44.8. The van der Waals surface area contributed by atoms with E-state index in [-0.39, 0.29) is 39.1 Å². The Hall–Kier alpha value is -7.13. The van der Waals surface area contributed by atoms with Crippen LogP contribution >= 0.6 is 0 Å². The Balaban J connectivity index is 1.32. The molecule has 28 heteroatoms. The molecule has 1 unspecified atom stereocenters. The number of rotatable bonds is 13. The van der Waals surface area contributed by atoms with E-state index in [2.05, 4.69) is 54.0 Å². The van der Waals surface area contributed by atoms with Crippen LogP contribution in [-0.2, 0) is 51.0 Å². The summed E-state index contributed by atoms with van der Waals surface area (Å²) in [5.74, 6) is -0.462. The molecule has 0 aliphatic carbocycles. The molecule has 0 spiro atoms. The van der Waals surface area contributed by atoms with Crippen molar-refractivity contribution in [2.75, 3.05) is 118 Å². The first-order valence-corrected chi connectivity index (χ1v) is 34.1. The molecule has 540 valence electrons. The fourth-order valence-corrected chi connectivity index (χ4v) is 11.1. The van der Waals surface area contributed by atoms with E-state index in [1.807, 2.05) is 104 Å². The smallest absolute Gasteiger partial charge is 0.410 e. The zero-order valence-corrected chi connectivity index (χ0v) is 60.4. The molecule has 28 nitrogen and oxygen atoms in total. The molecular formula is C68H113N13O15. The van der Waals surface area contributed by atoms with E-state index in [0.29, 0.717) is 142 Å². The van der Waals surface area contributed by atoms with Gasteiger partial charge in [-0.15, -0.1) is 0 Å². The lowest BCUT2D eigenvalue weighted by Crippen LogP contribution is -2.47. The van der Waals surface area contributed by atoms with Crippen molar-refractivity contribution in [2.24, 2.45) is 5.11 Å². The number of aromatic nitrogens is 2. The highest BCUT2D eigenvalue weighted by Crippen LogP contribution is 2.31. The second-order valence-corrected chi connectivity index (χ2v) is 30.2. The maximum absolute atomic E-state index is 13.9. The van der Waals surface area contributed by atoms with Crippen molar-refractivity contribution in [3.63, 3.8) is 0 Å². The number of hydrogen-bond donors (Lipinski definition) is 1. The van der Waals surface area contributed by atoms with Crippen molar-refractivity contribution >= 4 is 36.4 Å². The van der Waals surface area contributed by atoms with Crippen molar-refractivity contribution in [3.8, 4) is 0 Å². The zero-order valence-electron chi connectivity index (χ0n) is 60.4. The number of benzene rings is 1. The maximum atomic E-state index is 13.9. The Bertz CT molecular complexity index is 3010. The number of H-pyrrole nitrogens is 1. The van der Waals surface area contributed by atoms with Crippen LogP contribution in [0.15, 0.2) is 45.2 Å². The predicted octanol–water partition coefficient (Wildman–Crippen LogP) is 9.90. The molecule has 3 fully saturated rings. The third-order valence-electron chi connectivity index (χ3n) is 15.7. The molecule has 96 heavy (non-hydrogen) atoms. The van der Waals surface area contributed by atoms with E-state index in [1.54, 1.807) is 31.4 Å². The minimum absolute atomic E-state index is 0.109. The van der Waals surface area contributed by atoms with Gasteiger partial charge in [-0.25, -0.2) is 28.8 Å². The van der Waals surface area contributed by atoms with Crippen LogP contribution in [0.1, 0.15) is 178 Å². The van der Waals surface area contributed by atoms with Crippen molar-refractivity contribution in [3.05, 3.63) is 78.4 Å². The zero-order chi connectivity index (χ0) is 71.2. The average Bonchev–Trinajstić information content (AvgIpc) is 1.60. The lowest BCUT2D eigenvalue weighted by Gasteiger charge is -2.34. The van der Waals surface area contributed by atoms with Crippen LogP contribution in [0.2, 0.25) is 0 Å². The summed E-state index contributed by atoms with van der Waals surface area (Å²) >= 11 is 0. The Kier molecular flexibility index (Phi) is 30.2. The third kappa shape index (κ3) is 29.7. The lowest BCUT2D eigenvalue weighted by molar-refractivity contribution is -0.148. The van der Waals surface area contributed by atoms with Gasteiger partial charge in [-0.2, -0.15) is 0 Å². The summed E-state index contributed by atoms with van der Waals surface area (Å²) < 4.78 is 42.3. The van der Waals surface area contributed by atoms with E-state index in [9.17, 15) is 43.9 Å². The number of ether oxygens (including phenoxy) is 7. The van der Waals surface area contributed by atoms with E-state index >= 15 is 0 Å². The van der Waals surface area contributed by atoms with Gasteiger partial charge in [0, 0.05) is 134 Å². The van der Waals surface area contributed by atoms with Crippen LogP contribution in [0.25, 0.3) is 10.4 Å². The molecule has 2 aromatic rings. The molecule has 1 N–H and O–H groups in total. The summed E-state index contributed by atoms with van der Waals surface area (Å²) in [6, 6.07) is 7.77. The number of azide groups is 1. The van der Waals surface area contributed by atoms with Gasteiger partial charge < -0.3 is 62.6 Å². The van der Waals surface area contributed by atoms with Crippen molar-refractivity contribution in [1.29, 1.82) is 0 Å². The van der Waals surface area contributed by atoms with Crippen LogP contribution in [0.3, 0.4) is 0 Å². The largest absolute Gasteiger partial charge is 0.463 e. The molecule has 4 heterocycles. The van der Waals surface area contributed by atoms with Crippen molar-refractivity contribution in [2.45, 2.75) is 222 Å². The summed E-state index contributed by atoms with van der Waals surface area (Å²) in [7, 11) is 0. The molecule has 3 aliphatic heterocycles. The molecule has 3 saturated heterocycles. The predicted molar refractivity (Wildman–Crippen MR) is 363 cm³/mol. The van der Waals surface area contributed by atoms with Crippen LogP contribution in [0, 0.1) is 6.92 Å². The summed E-state index contributed by atoms with van der Waals surface area (Å²) in [5.41, 5.74) is 6.83. The highest BCUT2D eigenvalue weighted by molar-refractivity contribution is 5.71. The number of aryl methyl sites for hydroxylation is 1. The summed E-state index contributed by atoms with van der Waals surface area (Å²) in [5, 5.41) is 3.84. The highest BCUT2D eigenvalue weighted by atomic mass is 16.6. The monoisotopic (exact) mass is 1350 g/mol. The topological polar surface area (TPSA) is 297 Å². The second-order valence-electron chi connectivity index (χ2n) is 30.2. The fraction of sp³-hybridized carbons (Fsp3) is 0.765. The normalized spacial score (nSPS) is 19.9. The minimum Gasteiger partial charge on any atom is -0.463 e. The molecule has 3 atom stereocenters. The third-order valence-corrected chi connectivity index (χ3v) is 15.7. The summed E-state index contributed by atoms with van der Waals surface area (Å²) in [4.78, 5) is 127. The van der Waals surface area contributed by atoms with Gasteiger partial charge in [0.25, 0.3) is 5.56 Å². The Morgan fingerprint density at radius 1 is 0.521 bits per heavy atom. The second kappa shape index (κ2) is 36.5. The number of nitrogens with zero attached hydrogens (tertiary/aromatic N) is 12. The quantitative estimate of drug-likeness (QED) is 0.0487. The fourth-order valence-electron chi connectivity index (χ4n) is 11.1. The number of unbranched alkanes of at least 4 members (excludes halogenated alkanes) is 1. The van der Waals surface area contributed by atoms with Gasteiger partial charge in [-0.3, -0.25) is 28.9 Å². The van der Waals surface area contributed by atoms with E-state index in [4.69, 9.17) is 33.2 Å². The molecule has 5 rings (SSSR count). The Labute approximate surface area is 568 Å². The van der Waals surface area contributed by atoms with Gasteiger partial charge in [-0.05, 0) is 186 Å². The van der Waals surface area contributed by atoms with Gasteiger partial charge >= 0.3 is 42.1 Å². The van der Waals surface area contributed by atoms with E-state index in [0.717, 1.165) is 17.5 Å². The molecule has 1 aromatic carbocycles. The molecule has 1 aromatic heterocycles. The molecule has 0 saturated carbocycles. The number of esters is 1. The minimum atomic E-state index is -0.844. The molecule has 3 aliphatic rings. The average molecular weight is 1350 g/mol. The summed E-state index contributed by atoms with van der Waals surface area (Å²) in [6.07, 6.45) is 1.05. The number of carbonyl (C=O) groups is 6. The first kappa shape index (κ1) is 79.6. The maximum Gasteiger partial charge on any atom is 0.410 e. The number of amides is 5. The number of nitrogens with one attached hydrogen (secondary N) is 1. The number of aromatic amines is 1. The van der Waals surface area contributed by atoms with E-state index < -0.39 is 94.1 Å². The molecular weight excluding hydrogens is 1240 g/mol. The molecule has 5 amide bonds. The van der Waals surface area contributed by atoms with Crippen LogP contribution in [0.5, 0.6) is 0 Å². The van der Waals surface area contributed by atoms with Gasteiger partial charge in [0.15, 0.2) is 0 Å². The number of hydrogen-bond acceptors (Lipinski definition) is 19. The SMILES string of the molecule is Cc1cn([C@H]2CC(N=[N+]=[N-])[C@@H](COC(=O)CCCCN3CCCN(Cc4ccc(CN5CCCN(C(=O)OC(C)(C)C)CCN(C(=O)OC(C)(C)C)CCCN(C(=O)OC(C)(C)C)CC5)cc4)CCN(C(=O)OC(C)(C)C)CCCN(C(=O)OC(C)(C)C)CC3)O2)c(=O)[nH]c1=O. The standard InChI is InChI=1S/C68H113N13O15/c1-50-46-81(58(84)70-57(50)83)55-45-53(71-72-69)54(91-55)49-90-56(82)23-17-18-28-73-29-19-30-74(38-41-77(60(86)93-65(5,6)7)34-21-33-76(40-37-73)59(85)92-64(2,3)4)47-51-24-26-52(27-25-51)48-75-31-20-32-79(62(88)95-67(11,12)13)43-44-80(63(89)96-68(14,15)16)36-22-35-78(42-39-75)61(87)94-66(8,9)10/h24-27,46,53-55H,17-23,28-45,47-49H2,1-16H3,(H,70,83,84)/t53?,54-,55-/m1/s1. The van der Waals surface area contributed by atoms with Gasteiger partial charge in [-0.1, -0.05) is 29.4 Å². The summed E-state index contributed by atoms with van der Waals surface area (Å²) in [6.45, 7) is 37.1.